The zero-order valence-electron chi connectivity index (χ0n) is 22.9. The number of pyridine rings is 2. The molecule has 0 spiro atoms. The van der Waals surface area contributed by atoms with E-state index in [1.807, 2.05) is 60.7 Å². The molecule has 2 amide bonds. The number of amides is 2. The van der Waals surface area contributed by atoms with Gasteiger partial charge in [-0.05, 0) is 88.0 Å². The van der Waals surface area contributed by atoms with Crippen LogP contribution in [0.5, 0.6) is 11.5 Å². The predicted molar refractivity (Wildman–Crippen MR) is 183 cm³/mol. The molecule has 6 rings (SSSR count). The van der Waals surface area contributed by atoms with E-state index in [-0.39, 0.29) is 10.8 Å². The average molecular weight is 878 g/mol. The van der Waals surface area contributed by atoms with Gasteiger partial charge in [-0.1, -0.05) is 36.4 Å². The first-order valence-corrected chi connectivity index (χ1v) is 16.3. The number of carbonyl (C=O) groups excluding carboxylic acids is 2. The molecule has 2 aromatic carbocycles. The smallest absolute Gasteiger partial charge is 0.347 e. The third-order valence-corrected chi connectivity index (χ3v) is 11.1. The van der Waals surface area contributed by atoms with E-state index >= 15 is 0 Å². The van der Waals surface area contributed by atoms with Gasteiger partial charge in [0, 0.05) is 11.4 Å². The van der Waals surface area contributed by atoms with Gasteiger partial charge < -0.3 is 35.1 Å². The maximum Gasteiger partial charge on any atom is 0.347 e. The Labute approximate surface area is 292 Å². The first-order chi connectivity index (χ1) is 22.0. The number of nitrogens with zero attached hydrogens (tertiary/aromatic N) is 4. The van der Waals surface area contributed by atoms with Crippen LogP contribution in [0.3, 0.4) is 0 Å². The Hall–Kier alpha value is -4.25. The molecule has 46 heavy (non-hydrogen) atoms. The minimum Gasteiger partial charge on any atom is -0.505 e. The van der Waals surface area contributed by atoms with Gasteiger partial charge in [0.25, 0.3) is 11.8 Å². The second-order valence-corrected chi connectivity index (χ2v) is 12.8. The minimum absolute atomic E-state index is 0.244. The number of benzene rings is 2. The molecule has 4 aromatic heterocycles. The summed E-state index contributed by atoms with van der Waals surface area (Å²) in [5.41, 5.74) is 1.46. The Morgan fingerprint density at radius 3 is 1.37 bits per heavy atom. The third kappa shape index (κ3) is 5.34. The number of hydrogen-bond acceptors (Lipinski definition) is 7. The van der Waals surface area contributed by atoms with Crippen molar-refractivity contribution >= 4 is 103 Å². The number of halogens is 4. The Balaban J connectivity index is 1.29. The minimum atomic E-state index is -1.98. The molecule has 6 aromatic rings. The van der Waals surface area contributed by atoms with Gasteiger partial charge in [-0.25, -0.2) is 14.8 Å². The Bertz CT molecular complexity index is 2060. The van der Waals surface area contributed by atoms with Gasteiger partial charge in [0.2, 0.25) is 6.17 Å². The standard InChI is InChI=1S/C30H18Br4N6O6/c31-19-17-15(39(25(19)33)13-7-3-1-4-8-13)11-35-21(23(17)41)28(43)37-27(30(45)46)38-29(44)22-24(42)18-16(12-36-22)40(26(34)20(18)32)14-9-5-2-6-10-14/h1-12,27,41-42H,(H,37,43)(H,38,44)(H,45,46). The number of nitrogens with one attached hydrogen (secondary N) is 2. The lowest BCUT2D eigenvalue weighted by Crippen LogP contribution is -2.53. The first-order valence-electron chi connectivity index (χ1n) is 13.1. The van der Waals surface area contributed by atoms with Crippen molar-refractivity contribution < 1.29 is 29.7 Å². The van der Waals surface area contributed by atoms with Crippen LogP contribution in [-0.2, 0) is 4.79 Å². The Morgan fingerprint density at radius 2 is 1.02 bits per heavy atom. The number of aromatic hydroxyl groups is 2. The van der Waals surface area contributed by atoms with Gasteiger partial charge in [0.05, 0.1) is 43.1 Å². The lowest BCUT2D eigenvalue weighted by Gasteiger charge is -2.17. The van der Waals surface area contributed by atoms with Crippen molar-refractivity contribution in [2.45, 2.75) is 6.17 Å². The summed E-state index contributed by atoms with van der Waals surface area (Å²) in [7, 11) is 0. The van der Waals surface area contributed by atoms with Gasteiger partial charge >= 0.3 is 5.97 Å². The van der Waals surface area contributed by atoms with Gasteiger partial charge in [0.15, 0.2) is 22.9 Å². The van der Waals surface area contributed by atoms with Crippen LogP contribution in [0, 0.1) is 0 Å². The summed E-state index contributed by atoms with van der Waals surface area (Å²) in [6, 6.07) is 18.4. The van der Waals surface area contributed by atoms with Gasteiger partial charge in [0.1, 0.15) is 9.21 Å². The molecule has 232 valence electrons. The van der Waals surface area contributed by atoms with Crippen LogP contribution in [0.15, 0.2) is 91.2 Å². The normalized spacial score (nSPS) is 11.3. The lowest BCUT2D eigenvalue weighted by atomic mass is 10.2. The maximum atomic E-state index is 13.2. The molecule has 0 aliphatic carbocycles. The molecule has 4 heterocycles. The van der Waals surface area contributed by atoms with E-state index in [2.05, 4.69) is 84.3 Å². The summed E-state index contributed by atoms with van der Waals surface area (Å²) < 4.78 is 5.46. The molecular weight excluding hydrogens is 860 g/mol. The largest absolute Gasteiger partial charge is 0.505 e. The van der Waals surface area contributed by atoms with Crippen LogP contribution in [-0.4, -0.2) is 58.4 Å². The van der Waals surface area contributed by atoms with Crippen molar-refractivity contribution in [3.05, 3.63) is 103 Å². The molecule has 12 nitrogen and oxygen atoms in total. The lowest BCUT2D eigenvalue weighted by molar-refractivity contribution is -0.139. The molecule has 0 saturated carbocycles. The zero-order valence-corrected chi connectivity index (χ0v) is 29.2. The third-order valence-electron chi connectivity index (χ3n) is 7.00. The number of carbonyl (C=O) groups is 3. The maximum absolute atomic E-state index is 13.2. The number of fused-ring (bicyclic) bond motifs is 2. The second kappa shape index (κ2) is 12.5. The molecule has 5 N–H and O–H groups in total. The van der Waals surface area contributed by atoms with Crippen LogP contribution in [0.4, 0.5) is 0 Å². The number of aliphatic carboxylic acids is 1. The van der Waals surface area contributed by atoms with Crippen LogP contribution < -0.4 is 10.6 Å². The monoisotopic (exact) mass is 874 g/mol. The fourth-order valence-electron chi connectivity index (χ4n) is 4.92. The predicted octanol–water partition coefficient (Wildman–Crippen LogP) is 6.40. The summed E-state index contributed by atoms with van der Waals surface area (Å²) in [4.78, 5) is 46.7. The van der Waals surface area contributed by atoms with E-state index in [1.54, 1.807) is 9.13 Å². The van der Waals surface area contributed by atoms with Crippen molar-refractivity contribution in [1.82, 2.24) is 29.7 Å². The van der Waals surface area contributed by atoms with Crippen molar-refractivity contribution in [2.75, 3.05) is 0 Å². The molecule has 0 unspecified atom stereocenters. The number of aromatic nitrogens is 4. The molecule has 0 bridgehead atoms. The van der Waals surface area contributed by atoms with E-state index in [0.29, 0.717) is 29.2 Å². The van der Waals surface area contributed by atoms with Gasteiger partial charge in [-0.3, -0.25) is 9.59 Å². The topological polar surface area (TPSA) is 172 Å². The van der Waals surface area contributed by atoms with Crippen LogP contribution >= 0.6 is 63.7 Å². The van der Waals surface area contributed by atoms with E-state index in [4.69, 9.17) is 0 Å². The highest BCUT2D eigenvalue weighted by atomic mass is 79.9. The molecule has 0 aliphatic rings. The Kier molecular flexibility index (Phi) is 8.62. The van der Waals surface area contributed by atoms with E-state index in [0.717, 1.165) is 11.4 Å². The average Bonchev–Trinajstić information content (AvgIpc) is 3.46. The first kappa shape index (κ1) is 31.7. The van der Waals surface area contributed by atoms with Gasteiger partial charge in [-0.15, -0.1) is 0 Å². The summed E-state index contributed by atoms with van der Waals surface area (Å²) in [5.74, 6) is -4.82. The highest BCUT2D eigenvalue weighted by molar-refractivity contribution is 9.13. The SMILES string of the molecule is O=C(NC(NC(=O)c1ncc2c(c1O)c(Br)c(Br)n2-c1ccccc1)C(=O)O)c1ncc2c(c1O)c(Br)c(Br)n2-c1ccccc1. The number of para-hydroxylation sites is 2. The number of carboxylic acid groups (broad SMARTS) is 1. The highest BCUT2D eigenvalue weighted by Crippen LogP contribution is 2.43. The molecule has 0 radical (unpaired) electrons. The highest BCUT2D eigenvalue weighted by Gasteiger charge is 2.30. The van der Waals surface area contributed by atoms with Crippen molar-refractivity contribution in [2.24, 2.45) is 0 Å². The van der Waals surface area contributed by atoms with Crippen molar-refractivity contribution in [1.29, 1.82) is 0 Å². The summed E-state index contributed by atoms with van der Waals surface area (Å²) in [6.45, 7) is 0. The molecule has 0 fully saturated rings. The van der Waals surface area contributed by atoms with Crippen LogP contribution in [0.25, 0.3) is 33.2 Å². The number of carboxylic acids is 1. The zero-order chi connectivity index (χ0) is 32.9. The second-order valence-electron chi connectivity index (χ2n) is 9.70. The summed E-state index contributed by atoms with van der Waals surface area (Å²) in [6.07, 6.45) is 0.729. The van der Waals surface area contributed by atoms with Crippen LogP contribution in [0.2, 0.25) is 0 Å². The van der Waals surface area contributed by atoms with E-state index in [1.165, 1.54) is 12.4 Å². The molecule has 16 heteroatoms. The Morgan fingerprint density at radius 1 is 0.652 bits per heavy atom. The molecular formula is C30H18Br4N6O6. The quantitative estimate of drug-likeness (QED) is 0.115. The number of hydrogen-bond donors (Lipinski definition) is 5. The van der Waals surface area contributed by atoms with E-state index in [9.17, 15) is 29.7 Å². The van der Waals surface area contributed by atoms with Crippen molar-refractivity contribution in [3.8, 4) is 22.9 Å². The van der Waals surface area contributed by atoms with E-state index < -0.39 is 46.8 Å². The van der Waals surface area contributed by atoms with Gasteiger partial charge in [-0.2, -0.15) is 0 Å². The molecule has 0 saturated heterocycles. The summed E-state index contributed by atoms with van der Waals surface area (Å²) >= 11 is 13.9. The number of rotatable bonds is 7. The fraction of sp³-hybridized carbons (Fsp3) is 0.0333. The van der Waals surface area contributed by atoms with Crippen LogP contribution in [0.1, 0.15) is 21.0 Å². The molecule has 0 atom stereocenters. The summed E-state index contributed by atoms with van der Waals surface area (Å²) in [5, 5.41) is 36.8. The molecule has 0 aliphatic heterocycles. The fourth-order valence-corrected chi connectivity index (χ4v) is 7.24. The van der Waals surface area contributed by atoms with Crippen molar-refractivity contribution in [3.63, 3.8) is 0 Å².